The first kappa shape index (κ1) is 15.0. The van der Waals surface area contributed by atoms with Gasteiger partial charge in [0.15, 0.2) is 0 Å². The average molecular weight is 278 g/mol. The van der Waals surface area contributed by atoms with Crippen molar-refractivity contribution in [3.8, 4) is 0 Å². The van der Waals surface area contributed by atoms with Crippen molar-refractivity contribution in [3.05, 3.63) is 11.8 Å². The third-order valence-electron chi connectivity index (χ3n) is 4.32. The molecule has 0 aromatic carbocycles. The van der Waals surface area contributed by atoms with Crippen LogP contribution < -0.4 is 10.6 Å². The third-order valence-corrected chi connectivity index (χ3v) is 4.32. The van der Waals surface area contributed by atoms with Crippen LogP contribution in [0.4, 0.5) is 11.8 Å². The predicted octanol–water partition coefficient (Wildman–Crippen LogP) is 2.98. The first-order chi connectivity index (χ1) is 9.62. The molecule has 0 radical (unpaired) electrons. The fourth-order valence-electron chi connectivity index (χ4n) is 2.80. The van der Waals surface area contributed by atoms with Crippen LogP contribution in [0.2, 0.25) is 0 Å². The molecule has 5 nitrogen and oxygen atoms in total. The van der Waals surface area contributed by atoms with Crippen molar-refractivity contribution in [1.82, 2.24) is 9.97 Å². The third kappa shape index (κ3) is 3.20. The summed E-state index contributed by atoms with van der Waals surface area (Å²) in [6, 6.07) is 0.418. The zero-order valence-electron chi connectivity index (χ0n) is 13.0. The largest absolute Gasteiger partial charge is 0.375 e. The number of aryl methyl sites for hydroxylation is 1. The molecule has 0 aliphatic carbocycles. The van der Waals surface area contributed by atoms with Crippen molar-refractivity contribution in [2.75, 3.05) is 24.3 Å². The van der Waals surface area contributed by atoms with Crippen LogP contribution in [-0.2, 0) is 4.74 Å². The van der Waals surface area contributed by atoms with E-state index in [1.165, 1.54) is 0 Å². The standard InChI is InChI=1S/C15H26N4O/c1-5-15(6-2)9-12(7-8-20-15)18-13-11(3)10-17-14(16-4)19-13/h10,12H,5-9H2,1-4H3,(H2,16,17,18,19). The summed E-state index contributed by atoms with van der Waals surface area (Å²) in [5.74, 6) is 1.58. The SMILES string of the molecule is CCC1(CC)CC(Nc2nc(NC)ncc2C)CCO1. The maximum absolute atomic E-state index is 6.02. The van der Waals surface area contributed by atoms with E-state index in [0.29, 0.717) is 12.0 Å². The Kier molecular flexibility index (Phi) is 4.81. The van der Waals surface area contributed by atoms with Crippen molar-refractivity contribution < 1.29 is 4.74 Å². The summed E-state index contributed by atoms with van der Waals surface area (Å²) < 4.78 is 6.02. The second-order valence-electron chi connectivity index (χ2n) is 5.55. The highest BCUT2D eigenvalue weighted by Crippen LogP contribution is 2.32. The average Bonchev–Trinajstić information content (AvgIpc) is 2.49. The van der Waals surface area contributed by atoms with Crippen molar-refractivity contribution in [2.45, 2.75) is 58.1 Å². The molecule has 5 heteroatoms. The molecule has 0 amide bonds. The van der Waals surface area contributed by atoms with Crippen LogP contribution in [0, 0.1) is 6.92 Å². The van der Waals surface area contributed by atoms with Crippen LogP contribution in [0.25, 0.3) is 0 Å². The highest BCUT2D eigenvalue weighted by atomic mass is 16.5. The summed E-state index contributed by atoms with van der Waals surface area (Å²) in [6.07, 6.45) is 6.05. The van der Waals surface area contributed by atoms with Crippen molar-refractivity contribution in [3.63, 3.8) is 0 Å². The Labute approximate surface area is 121 Å². The summed E-state index contributed by atoms with van der Waals surface area (Å²) in [4.78, 5) is 8.73. The maximum atomic E-state index is 6.02. The molecule has 0 spiro atoms. The van der Waals surface area contributed by atoms with E-state index in [4.69, 9.17) is 4.74 Å². The molecule has 2 N–H and O–H groups in total. The van der Waals surface area contributed by atoms with Gasteiger partial charge in [0.2, 0.25) is 5.95 Å². The molecule has 2 rings (SSSR count). The lowest BCUT2D eigenvalue weighted by Gasteiger charge is -2.40. The topological polar surface area (TPSA) is 59.1 Å². The fourth-order valence-corrected chi connectivity index (χ4v) is 2.80. The molecule has 1 saturated heterocycles. The normalized spacial score (nSPS) is 21.5. The van der Waals surface area contributed by atoms with E-state index in [-0.39, 0.29) is 5.60 Å². The lowest BCUT2D eigenvalue weighted by molar-refractivity contribution is -0.0864. The van der Waals surface area contributed by atoms with Crippen LogP contribution in [-0.4, -0.2) is 35.3 Å². The second-order valence-corrected chi connectivity index (χ2v) is 5.55. The monoisotopic (exact) mass is 278 g/mol. The van der Waals surface area contributed by atoms with E-state index < -0.39 is 0 Å². The number of aromatic nitrogens is 2. The van der Waals surface area contributed by atoms with Crippen molar-refractivity contribution in [2.24, 2.45) is 0 Å². The van der Waals surface area contributed by atoms with Gasteiger partial charge in [-0.25, -0.2) is 4.98 Å². The number of rotatable bonds is 5. The molecule has 0 bridgehead atoms. The Morgan fingerprint density at radius 2 is 2.15 bits per heavy atom. The lowest BCUT2D eigenvalue weighted by atomic mass is 9.86. The number of ether oxygens (including phenoxy) is 1. The Hall–Kier alpha value is -1.36. The summed E-state index contributed by atoms with van der Waals surface area (Å²) in [6.45, 7) is 7.28. The van der Waals surface area contributed by atoms with Gasteiger partial charge in [-0.1, -0.05) is 13.8 Å². The quantitative estimate of drug-likeness (QED) is 0.867. The highest BCUT2D eigenvalue weighted by molar-refractivity contribution is 5.47. The van der Waals surface area contributed by atoms with Gasteiger partial charge in [0, 0.05) is 31.5 Å². The molecule has 112 valence electrons. The van der Waals surface area contributed by atoms with Crippen molar-refractivity contribution >= 4 is 11.8 Å². The minimum atomic E-state index is 0.0304. The van der Waals surface area contributed by atoms with Gasteiger partial charge < -0.3 is 15.4 Å². The van der Waals surface area contributed by atoms with E-state index in [1.807, 2.05) is 20.2 Å². The molecule has 2 heterocycles. The molecule has 20 heavy (non-hydrogen) atoms. The van der Waals surface area contributed by atoms with Gasteiger partial charge in [-0.3, -0.25) is 0 Å². The van der Waals surface area contributed by atoms with Crippen molar-refractivity contribution in [1.29, 1.82) is 0 Å². The van der Waals surface area contributed by atoms with Gasteiger partial charge in [-0.2, -0.15) is 4.98 Å². The molecule has 1 aromatic rings. The number of nitrogens with one attached hydrogen (secondary N) is 2. The molecule has 1 fully saturated rings. The molecule has 0 saturated carbocycles. The van der Waals surface area contributed by atoms with Gasteiger partial charge in [-0.05, 0) is 32.6 Å². The fraction of sp³-hybridized carbons (Fsp3) is 0.733. The molecule has 1 unspecified atom stereocenters. The lowest BCUT2D eigenvalue weighted by Crippen LogP contribution is -2.43. The molecule has 1 aliphatic heterocycles. The molecule has 1 atom stereocenters. The van der Waals surface area contributed by atoms with Crippen LogP contribution in [0.1, 0.15) is 45.1 Å². The van der Waals surface area contributed by atoms with Gasteiger partial charge in [0.1, 0.15) is 5.82 Å². The first-order valence-electron chi connectivity index (χ1n) is 7.54. The summed E-state index contributed by atoms with van der Waals surface area (Å²) in [5.41, 5.74) is 1.11. The number of hydrogen-bond acceptors (Lipinski definition) is 5. The first-order valence-corrected chi connectivity index (χ1v) is 7.54. The van der Waals surface area contributed by atoms with E-state index in [1.54, 1.807) is 0 Å². The summed E-state index contributed by atoms with van der Waals surface area (Å²) in [7, 11) is 1.84. The number of anilines is 2. The Morgan fingerprint density at radius 1 is 1.40 bits per heavy atom. The Morgan fingerprint density at radius 3 is 2.80 bits per heavy atom. The van der Waals surface area contributed by atoms with Gasteiger partial charge in [0.05, 0.1) is 5.60 Å². The highest BCUT2D eigenvalue weighted by Gasteiger charge is 2.34. The van der Waals surface area contributed by atoms with E-state index >= 15 is 0 Å². The zero-order chi connectivity index (χ0) is 14.6. The Balaban J connectivity index is 2.09. The van der Waals surface area contributed by atoms with Crippen LogP contribution in [0.15, 0.2) is 6.20 Å². The predicted molar refractivity (Wildman–Crippen MR) is 82.2 cm³/mol. The Bertz CT molecular complexity index is 445. The minimum absolute atomic E-state index is 0.0304. The molecule has 1 aromatic heterocycles. The van der Waals surface area contributed by atoms with E-state index in [9.17, 15) is 0 Å². The van der Waals surface area contributed by atoms with Crippen LogP contribution in [0.3, 0.4) is 0 Å². The smallest absolute Gasteiger partial charge is 0.224 e. The van der Waals surface area contributed by atoms with Gasteiger partial charge in [0.25, 0.3) is 0 Å². The molecule has 1 aliphatic rings. The van der Waals surface area contributed by atoms with E-state index in [2.05, 4.69) is 34.4 Å². The van der Waals surface area contributed by atoms with Crippen LogP contribution >= 0.6 is 0 Å². The summed E-state index contributed by atoms with van der Waals surface area (Å²) in [5, 5.41) is 6.56. The maximum Gasteiger partial charge on any atom is 0.224 e. The molecular weight excluding hydrogens is 252 g/mol. The molecular formula is C15H26N4O. The summed E-state index contributed by atoms with van der Waals surface area (Å²) >= 11 is 0. The van der Waals surface area contributed by atoms with Crippen LogP contribution in [0.5, 0.6) is 0 Å². The second kappa shape index (κ2) is 6.39. The number of hydrogen-bond donors (Lipinski definition) is 2. The van der Waals surface area contributed by atoms with Gasteiger partial charge >= 0.3 is 0 Å². The minimum Gasteiger partial charge on any atom is -0.375 e. The zero-order valence-corrected chi connectivity index (χ0v) is 13.0. The van der Waals surface area contributed by atoms with E-state index in [0.717, 1.165) is 43.7 Å². The van der Waals surface area contributed by atoms with Gasteiger partial charge in [-0.15, -0.1) is 0 Å². The number of nitrogens with zero attached hydrogens (tertiary/aromatic N) is 2.